The highest BCUT2D eigenvalue weighted by Gasteiger charge is 2.23. The average molecular weight is 323 g/mol. The number of fused-ring (bicyclic) bond motifs is 1. The fourth-order valence-corrected chi connectivity index (χ4v) is 3.83. The number of benzene rings is 1. The predicted molar refractivity (Wildman–Crippen MR) is 83.8 cm³/mol. The number of hydrogen-bond donors (Lipinski definition) is 0. The smallest absolute Gasteiger partial charge is 0.278 e. The van der Waals surface area contributed by atoms with E-state index >= 15 is 0 Å². The lowest BCUT2D eigenvalue weighted by Gasteiger charge is -2.24. The van der Waals surface area contributed by atoms with E-state index in [1.807, 2.05) is 12.1 Å². The molecular formula is C15H15ClN2O2S. The Balaban J connectivity index is 1.87. The van der Waals surface area contributed by atoms with Gasteiger partial charge in [0.05, 0.1) is 26.1 Å². The molecule has 0 amide bonds. The highest BCUT2D eigenvalue weighted by atomic mass is 35.5. The minimum absolute atomic E-state index is 0.316. The second kappa shape index (κ2) is 6.12. The summed E-state index contributed by atoms with van der Waals surface area (Å²) in [6, 6.07) is 6.05. The van der Waals surface area contributed by atoms with Gasteiger partial charge in [-0.1, -0.05) is 17.7 Å². The van der Waals surface area contributed by atoms with Crippen molar-refractivity contribution < 1.29 is 9.47 Å². The van der Waals surface area contributed by atoms with E-state index in [4.69, 9.17) is 21.1 Å². The molecule has 2 heterocycles. The third-order valence-electron chi connectivity index (χ3n) is 3.47. The number of aromatic nitrogens is 2. The first-order chi connectivity index (χ1) is 10.2. The van der Waals surface area contributed by atoms with E-state index in [0.29, 0.717) is 17.7 Å². The van der Waals surface area contributed by atoms with E-state index < -0.39 is 0 Å². The molecule has 0 saturated carbocycles. The molecule has 1 unspecified atom stereocenters. The Hall–Kier alpha value is -1.46. The van der Waals surface area contributed by atoms with E-state index in [1.54, 1.807) is 32.2 Å². The van der Waals surface area contributed by atoms with Gasteiger partial charge in [-0.3, -0.25) is 0 Å². The third-order valence-corrected chi connectivity index (χ3v) is 4.96. The van der Waals surface area contributed by atoms with Crippen LogP contribution in [0.1, 0.15) is 17.2 Å². The zero-order valence-corrected chi connectivity index (χ0v) is 13.4. The molecule has 3 rings (SSSR count). The van der Waals surface area contributed by atoms with E-state index in [0.717, 1.165) is 22.9 Å². The molecule has 1 aliphatic rings. The van der Waals surface area contributed by atoms with Crippen LogP contribution in [0.2, 0.25) is 5.02 Å². The van der Waals surface area contributed by atoms with Crippen molar-refractivity contribution >= 4 is 23.4 Å². The van der Waals surface area contributed by atoms with Crippen LogP contribution in [-0.2, 0) is 6.42 Å². The molecule has 0 fully saturated rings. The molecule has 0 N–H and O–H groups in total. The summed E-state index contributed by atoms with van der Waals surface area (Å²) >= 11 is 7.84. The van der Waals surface area contributed by atoms with Gasteiger partial charge in [0, 0.05) is 21.6 Å². The molecule has 2 aromatic rings. The van der Waals surface area contributed by atoms with E-state index in [2.05, 4.69) is 16.0 Å². The molecule has 1 atom stereocenters. The number of nitrogens with zero attached hydrogens (tertiary/aromatic N) is 2. The highest BCUT2D eigenvalue weighted by molar-refractivity contribution is 7.99. The molecule has 4 nitrogen and oxygen atoms in total. The van der Waals surface area contributed by atoms with Crippen LogP contribution < -0.4 is 9.47 Å². The summed E-state index contributed by atoms with van der Waals surface area (Å²) < 4.78 is 10.4. The molecule has 0 spiro atoms. The van der Waals surface area contributed by atoms with Crippen LogP contribution in [0.25, 0.3) is 0 Å². The number of thioether (sulfide) groups is 1. The third kappa shape index (κ3) is 2.94. The maximum atomic E-state index is 6.04. The first-order valence-corrected chi connectivity index (χ1v) is 7.93. The lowest BCUT2D eigenvalue weighted by Crippen LogP contribution is -2.14. The monoisotopic (exact) mass is 322 g/mol. The van der Waals surface area contributed by atoms with Crippen LogP contribution in [0.15, 0.2) is 29.3 Å². The maximum absolute atomic E-state index is 6.04. The lowest BCUT2D eigenvalue weighted by atomic mass is 9.97. The number of methoxy groups -OCH3 is 2. The minimum Gasteiger partial charge on any atom is -0.477 e. The first-order valence-electron chi connectivity index (χ1n) is 6.57. The average Bonchev–Trinajstić information content (AvgIpc) is 2.53. The minimum atomic E-state index is 0.316. The van der Waals surface area contributed by atoms with Gasteiger partial charge in [-0.15, -0.1) is 11.8 Å². The summed E-state index contributed by atoms with van der Waals surface area (Å²) in [5.41, 5.74) is 2.23. The SMILES string of the molecule is COc1ncc(C2CSc3cc(Cl)ccc3C2)nc1OC. The Labute approximate surface area is 132 Å². The van der Waals surface area contributed by atoms with Crippen LogP contribution in [0.4, 0.5) is 0 Å². The molecule has 1 aliphatic heterocycles. The Morgan fingerprint density at radius 1 is 1.24 bits per heavy atom. The Bertz CT molecular complexity index is 666. The summed E-state index contributed by atoms with van der Waals surface area (Å²) in [4.78, 5) is 10.1. The Morgan fingerprint density at radius 3 is 2.81 bits per heavy atom. The molecule has 6 heteroatoms. The van der Waals surface area contributed by atoms with Gasteiger partial charge >= 0.3 is 0 Å². The van der Waals surface area contributed by atoms with Gasteiger partial charge < -0.3 is 9.47 Å². The van der Waals surface area contributed by atoms with Gasteiger partial charge in [-0.05, 0) is 24.1 Å². The molecule has 110 valence electrons. The molecule has 0 saturated heterocycles. The number of hydrogen-bond acceptors (Lipinski definition) is 5. The van der Waals surface area contributed by atoms with Crippen molar-refractivity contribution in [3.05, 3.63) is 40.7 Å². The van der Waals surface area contributed by atoms with Crippen molar-refractivity contribution in [2.75, 3.05) is 20.0 Å². The summed E-state index contributed by atoms with van der Waals surface area (Å²) in [7, 11) is 3.13. The summed E-state index contributed by atoms with van der Waals surface area (Å²) in [5, 5.41) is 0.783. The van der Waals surface area contributed by atoms with Crippen LogP contribution >= 0.6 is 23.4 Å². The van der Waals surface area contributed by atoms with Crippen LogP contribution in [0, 0.1) is 0 Å². The summed E-state index contributed by atoms with van der Waals surface area (Å²) in [6.45, 7) is 0. The van der Waals surface area contributed by atoms with E-state index in [1.165, 1.54) is 10.5 Å². The molecule has 21 heavy (non-hydrogen) atoms. The molecule has 0 radical (unpaired) electrons. The fraction of sp³-hybridized carbons (Fsp3) is 0.333. The van der Waals surface area contributed by atoms with Crippen LogP contribution in [-0.4, -0.2) is 29.9 Å². The van der Waals surface area contributed by atoms with E-state index in [9.17, 15) is 0 Å². The molecule has 1 aromatic heterocycles. The van der Waals surface area contributed by atoms with Crippen LogP contribution in [0.5, 0.6) is 11.8 Å². The Kier molecular flexibility index (Phi) is 4.22. The van der Waals surface area contributed by atoms with Crippen molar-refractivity contribution in [2.45, 2.75) is 17.2 Å². The standard InChI is InChI=1S/C15H15ClN2O2S/c1-19-14-15(20-2)18-12(7-17-14)10-5-9-3-4-11(16)6-13(9)21-8-10/h3-4,6-7,10H,5,8H2,1-2H3. The van der Waals surface area contributed by atoms with Gasteiger partial charge in [0.15, 0.2) is 0 Å². The number of rotatable bonds is 3. The normalized spacial score (nSPS) is 17.2. The summed E-state index contributed by atoms with van der Waals surface area (Å²) in [6.07, 6.45) is 2.71. The second-order valence-corrected chi connectivity index (χ2v) is 6.28. The second-order valence-electron chi connectivity index (χ2n) is 4.78. The van der Waals surface area contributed by atoms with E-state index in [-0.39, 0.29) is 0 Å². The highest BCUT2D eigenvalue weighted by Crippen LogP contribution is 2.39. The lowest BCUT2D eigenvalue weighted by molar-refractivity contribution is 0.329. The van der Waals surface area contributed by atoms with Crippen molar-refractivity contribution in [3.63, 3.8) is 0 Å². The van der Waals surface area contributed by atoms with Gasteiger partial charge in [0.25, 0.3) is 11.8 Å². The van der Waals surface area contributed by atoms with Crippen molar-refractivity contribution in [1.82, 2.24) is 9.97 Å². The van der Waals surface area contributed by atoms with Crippen molar-refractivity contribution in [1.29, 1.82) is 0 Å². The topological polar surface area (TPSA) is 44.2 Å². The first kappa shape index (κ1) is 14.5. The molecule has 0 aliphatic carbocycles. The zero-order chi connectivity index (χ0) is 14.8. The summed E-state index contributed by atoms with van der Waals surface area (Å²) in [5.74, 6) is 2.12. The van der Waals surface area contributed by atoms with Crippen molar-refractivity contribution in [3.8, 4) is 11.8 Å². The zero-order valence-electron chi connectivity index (χ0n) is 11.8. The molecule has 1 aromatic carbocycles. The number of ether oxygens (including phenoxy) is 2. The Morgan fingerprint density at radius 2 is 2.05 bits per heavy atom. The van der Waals surface area contributed by atoms with Crippen molar-refractivity contribution in [2.24, 2.45) is 0 Å². The largest absolute Gasteiger partial charge is 0.477 e. The molecular weight excluding hydrogens is 308 g/mol. The van der Waals surface area contributed by atoms with Crippen LogP contribution in [0.3, 0.4) is 0 Å². The fourth-order valence-electron chi connectivity index (χ4n) is 2.38. The molecule has 0 bridgehead atoms. The van der Waals surface area contributed by atoms with Gasteiger partial charge in [0.2, 0.25) is 0 Å². The number of halogens is 1. The maximum Gasteiger partial charge on any atom is 0.278 e. The van der Waals surface area contributed by atoms with Gasteiger partial charge in [-0.2, -0.15) is 0 Å². The van der Waals surface area contributed by atoms with Gasteiger partial charge in [-0.25, -0.2) is 9.97 Å². The van der Waals surface area contributed by atoms with Gasteiger partial charge in [0.1, 0.15) is 0 Å². The quantitative estimate of drug-likeness (QED) is 0.864. The predicted octanol–water partition coefficient (Wildman–Crippen LogP) is 3.58.